The molecule has 1 aliphatic heterocycles. The van der Waals surface area contributed by atoms with Gasteiger partial charge in [-0.2, -0.15) is 0 Å². The Morgan fingerprint density at radius 1 is 1.19 bits per heavy atom. The molecule has 1 N–H and O–H groups in total. The molecule has 0 bridgehead atoms. The lowest BCUT2D eigenvalue weighted by Crippen LogP contribution is -2.33. The van der Waals surface area contributed by atoms with Crippen molar-refractivity contribution in [3.63, 3.8) is 0 Å². The monoisotopic (exact) mass is 374 g/mol. The molecule has 3 rings (SSSR count). The van der Waals surface area contributed by atoms with Gasteiger partial charge in [-0.05, 0) is 31.3 Å². The number of ether oxygens (including phenoxy) is 3. The number of hydrogen-bond acceptors (Lipinski definition) is 5. The van der Waals surface area contributed by atoms with Gasteiger partial charge in [0.15, 0.2) is 23.1 Å². The highest BCUT2D eigenvalue weighted by molar-refractivity contribution is 5.92. The first-order valence-electron chi connectivity index (χ1n) is 8.87. The van der Waals surface area contributed by atoms with E-state index in [1.807, 2.05) is 0 Å². The Bertz CT molecular complexity index is 784. The molecule has 0 fully saturated rings. The van der Waals surface area contributed by atoms with Crippen LogP contribution in [0.2, 0.25) is 0 Å². The molecule has 6 nitrogen and oxygen atoms in total. The zero-order valence-corrected chi connectivity index (χ0v) is 15.2. The van der Waals surface area contributed by atoms with Crippen molar-refractivity contribution in [2.75, 3.05) is 45.3 Å². The van der Waals surface area contributed by atoms with E-state index in [0.29, 0.717) is 36.9 Å². The van der Waals surface area contributed by atoms with Gasteiger partial charge in [-0.1, -0.05) is 12.1 Å². The first-order valence-corrected chi connectivity index (χ1v) is 8.87. The molecule has 0 unspecified atom stereocenters. The zero-order chi connectivity index (χ0) is 19.1. The maximum absolute atomic E-state index is 13.5. The predicted molar refractivity (Wildman–Crippen MR) is 100 cm³/mol. The summed E-state index contributed by atoms with van der Waals surface area (Å²) in [6.45, 7) is 2.18. The molecular weight excluding hydrogens is 351 g/mol. The highest BCUT2D eigenvalue weighted by Gasteiger charge is 2.13. The molecule has 144 valence electrons. The smallest absolute Gasteiger partial charge is 0.238 e. The van der Waals surface area contributed by atoms with Crippen molar-refractivity contribution >= 4 is 11.6 Å². The number of benzene rings is 2. The Labute approximate surface area is 157 Å². The summed E-state index contributed by atoms with van der Waals surface area (Å²) in [7, 11) is 1.80. The molecule has 0 spiro atoms. The summed E-state index contributed by atoms with van der Waals surface area (Å²) in [5.41, 5.74) is 0.653. The lowest BCUT2D eigenvalue weighted by atomic mass is 10.2. The fourth-order valence-corrected chi connectivity index (χ4v) is 2.64. The van der Waals surface area contributed by atoms with Crippen molar-refractivity contribution in [1.29, 1.82) is 0 Å². The van der Waals surface area contributed by atoms with Gasteiger partial charge < -0.3 is 19.5 Å². The van der Waals surface area contributed by atoms with Crippen LogP contribution in [0, 0.1) is 5.82 Å². The van der Waals surface area contributed by atoms with Crippen LogP contribution in [0.25, 0.3) is 0 Å². The summed E-state index contributed by atoms with van der Waals surface area (Å²) in [4.78, 5) is 14.0. The predicted octanol–water partition coefficient (Wildman–Crippen LogP) is 2.94. The van der Waals surface area contributed by atoms with Crippen LogP contribution in [0.15, 0.2) is 42.5 Å². The minimum Gasteiger partial charge on any atom is -0.490 e. The molecule has 2 aromatic carbocycles. The Morgan fingerprint density at radius 2 is 1.96 bits per heavy atom. The third kappa shape index (κ3) is 5.59. The van der Waals surface area contributed by atoms with Crippen LogP contribution in [-0.2, 0) is 4.79 Å². The van der Waals surface area contributed by atoms with Gasteiger partial charge in [-0.3, -0.25) is 9.69 Å². The van der Waals surface area contributed by atoms with Crippen LogP contribution < -0.4 is 19.5 Å². The Balaban J connectivity index is 1.44. The Morgan fingerprint density at radius 3 is 2.78 bits per heavy atom. The number of fused-ring (bicyclic) bond motifs is 1. The quantitative estimate of drug-likeness (QED) is 0.808. The average molecular weight is 374 g/mol. The van der Waals surface area contributed by atoms with E-state index in [4.69, 9.17) is 14.2 Å². The molecule has 1 amide bonds. The standard InChI is InChI=1S/C20H23FN2O4/c1-23(9-12-27-17-6-3-2-5-16(17)21)14-20(24)22-15-7-8-18-19(13-15)26-11-4-10-25-18/h2-3,5-8,13H,4,9-12,14H2,1H3,(H,22,24). The molecule has 0 saturated heterocycles. The van der Waals surface area contributed by atoms with Crippen LogP contribution in [0.5, 0.6) is 17.2 Å². The second-order valence-electron chi connectivity index (χ2n) is 6.28. The zero-order valence-electron chi connectivity index (χ0n) is 15.2. The van der Waals surface area contributed by atoms with E-state index in [2.05, 4.69) is 5.32 Å². The fraction of sp³-hybridized carbons (Fsp3) is 0.350. The largest absolute Gasteiger partial charge is 0.490 e. The number of amides is 1. The number of carbonyl (C=O) groups excluding carboxylic acids is 1. The lowest BCUT2D eigenvalue weighted by molar-refractivity contribution is -0.117. The van der Waals surface area contributed by atoms with Gasteiger partial charge in [-0.25, -0.2) is 4.39 Å². The van der Waals surface area contributed by atoms with E-state index in [1.165, 1.54) is 6.07 Å². The van der Waals surface area contributed by atoms with Gasteiger partial charge >= 0.3 is 0 Å². The van der Waals surface area contributed by atoms with Gasteiger partial charge in [-0.15, -0.1) is 0 Å². The third-order valence-electron chi connectivity index (χ3n) is 4.01. The molecule has 27 heavy (non-hydrogen) atoms. The average Bonchev–Trinajstić information content (AvgIpc) is 2.88. The van der Waals surface area contributed by atoms with Crippen LogP contribution in [-0.4, -0.2) is 50.8 Å². The maximum atomic E-state index is 13.5. The fourth-order valence-electron chi connectivity index (χ4n) is 2.64. The number of halogens is 1. The highest BCUT2D eigenvalue weighted by atomic mass is 19.1. The molecule has 7 heteroatoms. The number of para-hydroxylation sites is 1. The van der Waals surface area contributed by atoms with E-state index >= 15 is 0 Å². The minimum atomic E-state index is -0.396. The molecule has 0 saturated carbocycles. The van der Waals surface area contributed by atoms with E-state index < -0.39 is 5.82 Å². The van der Waals surface area contributed by atoms with Gasteiger partial charge in [0, 0.05) is 24.7 Å². The Kier molecular flexibility index (Phi) is 6.49. The summed E-state index contributed by atoms with van der Waals surface area (Å²) in [5.74, 6) is 0.984. The number of rotatable bonds is 7. The normalized spacial score (nSPS) is 13.1. The maximum Gasteiger partial charge on any atom is 0.238 e. The van der Waals surface area contributed by atoms with Crippen molar-refractivity contribution in [1.82, 2.24) is 4.90 Å². The first-order chi connectivity index (χ1) is 13.1. The number of nitrogens with one attached hydrogen (secondary N) is 1. The minimum absolute atomic E-state index is 0.155. The van der Waals surface area contributed by atoms with Crippen molar-refractivity contribution in [2.24, 2.45) is 0 Å². The van der Waals surface area contributed by atoms with Crippen LogP contribution in [0.4, 0.5) is 10.1 Å². The molecule has 0 aliphatic carbocycles. The second kappa shape index (κ2) is 9.23. The number of nitrogens with zero attached hydrogens (tertiary/aromatic N) is 1. The number of carbonyl (C=O) groups is 1. The molecule has 2 aromatic rings. The summed E-state index contributed by atoms with van der Waals surface area (Å²) in [5, 5.41) is 2.84. The van der Waals surface area contributed by atoms with Gasteiger partial charge in [0.05, 0.1) is 19.8 Å². The molecule has 1 heterocycles. The summed E-state index contributed by atoms with van der Waals surface area (Å²) in [6, 6.07) is 11.6. The van der Waals surface area contributed by atoms with Crippen LogP contribution >= 0.6 is 0 Å². The number of hydrogen-bond donors (Lipinski definition) is 1. The topological polar surface area (TPSA) is 60.0 Å². The summed E-state index contributed by atoms with van der Waals surface area (Å²) >= 11 is 0. The number of anilines is 1. The molecule has 0 aromatic heterocycles. The molecule has 0 atom stereocenters. The van der Waals surface area contributed by atoms with E-state index in [9.17, 15) is 9.18 Å². The Hall–Kier alpha value is -2.80. The highest BCUT2D eigenvalue weighted by Crippen LogP contribution is 2.32. The molecule has 1 aliphatic rings. The number of likely N-dealkylation sites (N-methyl/N-ethyl adjacent to an activating group) is 1. The van der Waals surface area contributed by atoms with Crippen molar-refractivity contribution < 1.29 is 23.4 Å². The van der Waals surface area contributed by atoms with E-state index in [-0.39, 0.29) is 24.8 Å². The first kappa shape index (κ1) is 19.0. The van der Waals surface area contributed by atoms with Crippen LogP contribution in [0.3, 0.4) is 0 Å². The third-order valence-corrected chi connectivity index (χ3v) is 4.01. The summed E-state index contributed by atoms with van der Waals surface area (Å²) < 4.78 is 30.1. The second-order valence-corrected chi connectivity index (χ2v) is 6.28. The van der Waals surface area contributed by atoms with E-state index in [1.54, 1.807) is 48.3 Å². The molecule has 0 radical (unpaired) electrons. The lowest BCUT2D eigenvalue weighted by Gasteiger charge is -2.17. The molecular formula is C20H23FN2O4. The van der Waals surface area contributed by atoms with Crippen molar-refractivity contribution in [3.8, 4) is 17.2 Å². The SMILES string of the molecule is CN(CCOc1ccccc1F)CC(=O)Nc1ccc2c(c1)OCCCO2. The van der Waals surface area contributed by atoms with E-state index in [0.717, 1.165) is 6.42 Å². The van der Waals surface area contributed by atoms with Gasteiger partial charge in [0.25, 0.3) is 0 Å². The van der Waals surface area contributed by atoms with Crippen molar-refractivity contribution in [2.45, 2.75) is 6.42 Å². The van der Waals surface area contributed by atoms with Gasteiger partial charge in [0.1, 0.15) is 6.61 Å². The van der Waals surface area contributed by atoms with Crippen molar-refractivity contribution in [3.05, 3.63) is 48.3 Å². The summed E-state index contributed by atoms with van der Waals surface area (Å²) in [6.07, 6.45) is 0.829. The van der Waals surface area contributed by atoms with Crippen LogP contribution in [0.1, 0.15) is 6.42 Å². The van der Waals surface area contributed by atoms with Gasteiger partial charge in [0.2, 0.25) is 5.91 Å².